The number of rotatable bonds is 4. The number of alkyl halides is 3. The summed E-state index contributed by atoms with van der Waals surface area (Å²) in [6.07, 6.45) is -1.16. The number of carbonyl (C=O) groups excluding carboxylic acids is 1. The van der Waals surface area contributed by atoms with Gasteiger partial charge >= 0.3 is 6.36 Å². The van der Waals surface area contributed by atoms with Gasteiger partial charge in [0, 0.05) is 31.6 Å². The third kappa shape index (κ3) is 3.85. The van der Waals surface area contributed by atoms with Crippen molar-refractivity contribution in [3.8, 4) is 17.0 Å². The summed E-state index contributed by atoms with van der Waals surface area (Å²) in [5.41, 5.74) is 2.26. The fraction of sp³-hybridized carbons (Fsp3) is 0.300. The maximum absolute atomic E-state index is 12.4. The predicted octanol–water partition coefficient (Wildman–Crippen LogP) is 3.43. The molecule has 3 heterocycles. The first-order valence-corrected chi connectivity index (χ1v) is 9.21. The summed E-state index contributed by atoms with van der Waals surface area (Å²) in [6, 6.07) is 5.48. The first-order chi connectivity index (χ1) is 14.2. The lowest BCUT2D eigenvalue weighted by molar-refractivity contribution is -0.274. The number of nitrogens with zero attached hydrogens (tertiary/aromatic N) is 5. The maximum atomic E-state index is 12.4. The van der Waals surface area contributed by atoms with Crippen LogP contribution < -0.4 is 4.74 Å². The van der Waals surface area contributed by atoms with Crippen LogP contribution >= 0.6 is 0 Å². The summed E-state index contributed by atoms with van der Waals surface area (Å²) in [7, 11) is 1.80. The summed E-state index contributed by atoms with van der Waals surface area (Å²) in [4.78, 5) is 27.3. The third-order valence-corrected chi connectivity index (χ3v) is 4.98. The molecule has 1 amide bonds. The molecule has 0 aliphatic carbocycles. The van der Waals surface area contributed by atoms with E-state index in [0.717, 1.165) is 0 Å². The number of hydrogen-bond acceptors (Lipinski definition) is 5. The lowest BCUT2D eigenvalue weighted by atomic mass is 10.1. The maximum Gasteiger partial charge on any atom is 0.573 e. The molecule has 0 unspecified atom stereocenters. The monoisotopic (exact) mass is 417 g/mol. The van der Waals surface area contributed by atoms with Gasteiger partial charge in [0.15, 0.2) is 5.65 Å². The molecule has 0 saturated carbocycles. The molecule has 1 saturated heterocycles. The van der Waals surface area contributed by atoms with E-state index in [0.29, 0.717) is 47.8 Å². The summed E-state index contributed by atoms with van der Waals surface area (Å²) < 4.78 is 43.0. The smallest absolute Gasteiger partial charge is 0.406 e. The first kappa shape index (κ1) is 19.9. The molecule has 156 valence electrons. The minimum Gasteiger partial charge on any atom is -0.406 e. The Bertz CT molecular complexity index is 1110. The second-order valence-corrected chi connectivity index (χ2v) is 7.00. The normalized spacial score (nSPS) is 16.8. The molecule has 1 atom stereocenters. The van der Waals surface area contributed by atoms with E-state index in [4.69, 9.17) is 0 Å². The summed E-state index contributed by atoms with van der Waals surface area (Å²) in [5, 5.41) is 0. The van der Waals surface area contributed by atoms with Gasteiger partial charge in [-0.3, -0.25) is 4.79 Å². The molecule has 30 heavy (non-hydrogen) atoms. The average molecular weight is 417 g/mol. The van der Waals surface area contributed by atoms with E-state index < -0.39 is 6.36 Å². The van der Waals surface area contributed by atoms with Crippen molar-refractivity contribution in [1.29, 1.82) is 0 Å². The standard InChI is InChI=1S/C20H18F3N5O2/c1-3-15(29)28-9-8-13(10-28)18-25-16(17-19(26-18)27(2)11-24-17)12-4-6-14(7-5-12)30-20(21,22)23/h3-7,11,13H,1,8-10H2,2H3/t13-/m1/s1. The number of aromatic nitrogens is 4. The Balaban J connectivity index is 1.71. The van der Waals surface area contributed by atoms with Gasteiger partial charge in [0.2, 0.25) is 5.91 Å². The third-order valence-electron chi connectivity index (χ3n) is 4.98. The van der Waals surface area contributed by atoms with Crippen LogP contribution in [0.15, 0.2) is 43.2 Å². The van der Waals surface area contributed by atoms with Crippen LogP contribution in [0, 0.1) is 0 Å². The van der Waals surface area contributed by atoms with Crippen molar-refractivity contribution in [3.63, 3.8) is 0 Å². The van der Waals surface area contributed by atoms with Crippen LogP contribution in [0.4, 0.5) is 13.2 Å². The molecule has 10 heteroatoms. The predicted molar refractivity (Wildman–Crippen MR) is 103 cm³/mol. The number of aryl methyl sites for hydroxylation is 1. The Kier molecular flexibility index (Phi) is 4.92. The number of benzene rings is 1. The van der Waals surface area contributed by atoms with E-state index in [1.54, 1.807) is 22.8 Å². The van der Waals surface area contributed by atoms with E-state index >= 15 is 0 Å². The molecule has 2 aromatic heterocycles. The van der Waals surface area contributed by atoms with E-state index in [-0.39, 0.29) is 17.6 Å². The Morgan fingerprint density at radius 1 is 1.27 bits per heavy atom. The van der Waals surface area contributed by atoms with E-state index in [2.05, 4.69) is 26.3 Å². The van der Waals surface area contributed by atoms with Crippen molar-refractivity contribution < 1.29 is 22.7 Å². The lowest BCUT2D eigenvalue weighted by Gasteiger charge is -2.14. The minimum absolute atomic E-state index is 0.0558. The van der Waals surface area contributed by atoms with Crippen molar-refractivity contribution in [1.82, 2.24) is 24.4 Å². The number of fused-ring (bicyclic) bond motifs is 1. The van der Waals surface area contributed by atoms with E-state index in [1.807, 2.05) is 0 Å². The Morgan fingerprint density at radius 3 is 2.67 bits per heavy atom. The van der Waals surface area contributed by atoms with Crippen LogP contribution in [0.2, 0.25) is 0 Å². The van der Waals surface area contributed by atoms with Gasteiger partial charge in [-0.1, -0.05) is 6.58 Å². The van der Waals surface area contributed by atoms with Crippen molar-refractivity contribution in [2.75, 3.05) is 13.1 Å². The van der Waals surface area contributed by atoms with Crippen LogP contribution in [0.25, 0.3) is 22.4 Å². The van der Waals surface area contributed by atoms with Crippen LogP contribution in [0.1, 0.15) is 18.2 Å². The highest BCUT2D eigenvalue weighted by molar-refractivity contribution is 5.88. The van der Waals surface area contributed by atoms with Crippen molar-refractivity contribution in [2.24, 2.45) is 7.05 Å². The van der Waals surface area contributed by atoms with Gasteiger partial charge in [0.05, 0.1) is 6.33 Å². The minimum atomic E-state index is -4.75. The van der Waals surface area contributed by atoms with Gasteiger partial charge in [-0.15, -0.1) is 13.2 Å². The molecular formula is C20H18F3N5O2. The number of imidazole rings is 1. The fourth-order valence-electron chi connectivity index (χ4n) is 3.52. The molecule has 3 aromatic rings. The van der Waals surface area contributed by atoms with Gasteiger partial charge < -0.3 is 14.2 Å². The number of amides is 1. The van der Waals surface area contributed by atoms with Crippen molar-refractivity contribution in [2.45, 2.75) is 18.7 Å². The quantitative estimate of drug-likeness (QED) is 0.608. The lowest BCUT2D eigenvalue weighted by Crippen LogP contribution is -2.26. The Labute approximate surface area is 169 Å². The zero-order valence-corrected chi connectivity index (χ0v) is 16.1. The zero-order valence-electron chi connectivity index (χ0n) is 16.1. The highest BCUT2D eigenvalue weighted by Gasteiger charge is 2.31. The number of halogens is 3. The van der Waals surface area contributed by atoms with Crippen molar-refractivity contribution >= 4 is 17.1 Å². The second kappa shape index (κ2) is 7.43. The summed E-state index contributed by atoms with van der Waals surface area (Å²) in [6.45, 7) is 4.58. The van der Waals surface area contributed by atoms with Gasteiger partial charge in [0.1, 0.15) is 22.8 Å². The Hall–Kier alpha value is -3.43. The van der Waals surface area contributed by atoms with Crippen LogP contribution in [0.5, 0.6) is 5.75 Å². The summed E-state index contributed by atoms with van der Waals surface area (Å²) >= 11 is 0. The molecule has 7 nitrogen and oxygen atoms in total. The molecule has 0 N–H and O–H groups in total. The molecule has 1 aliphatic heterocycles. The highest BCUT2D eigenvalue weighted by atomic mass is 19.4. The molecule has 1 aromatic carbocycles. The SMILES string of the molecule is C=CC(=O)N1CC[C@@H](c2nc(-c3ccc(OC(F)(F)F)cc3)c3ncn(C)c3n2)C1. The zero-order chi connectivity index (χ0) is 21.5. The first-order valence-electron chi connectivity index (χ1n) is 9.21. The highest BCUT2D eigenvalue weighted by Crippen LogP contribution is 2.32. The van der Waals surface area contributed by atoms with E-state index in [9.17, 15) is 18.0 Å². The summed E-state index contributed by atoms with van der Waals surface area (Å²) in [5.74, 6) is 0.0580. The van der Waals surface area contributed by atoms with Gasteiger partial charge in [-0.05, 0) is 36.8 Å². The number of carbonyl (C=O) groups is 1. The molecule has 4 rings (SSSR count). The molecular weight excluding hydrogens is 399 g/mol. The fourth-order valence-corrected chi connectivity index (χ4v) is 3.52. The molecule has 1 aliphatic rings. The average Bonchev–Trinajstić information content (AvgIpc) is 3.34. The second-order valence-electron chi connectivity index (χ2n) is 7.00. The molecule has 0 bridgehead atoms. The number of hydrogen-bond donors (Lipinski definition) is 0. The van der Waals surface area contributed by atoms with Gasteiger partial charge in [0.25, 0.3) is 0 Å². The molecule has 0 spiro atoms. The Morgan fingerprint density at radius 2 is 2.00 bits per heavy atom. The van der Waals surface area contributed by atoms with Gasteiger partial charge in [-0.2, -0.15) is 0 Å². The van der Waals surface area contributed by atoms with Crippen LogP contribution in [-0.2, 0) is 11.8 Å². The van der Waals surface area contributed by atoms with Crippen LogP contribution in [-0.4, -0.2) is 49.8 Å². The van der Waals surface area contributed by atoms with Crippen molar-refractivity contribution in [3.05, 3.63) is 49.1 Å². The number of likely N-dealkylation sites (tertiary alicyclic amines) is 1. The van der Waals surface area contributed by atoms with Crippen LogP contribution in [0.3, 0.4) is 0 Å². The van der Waals surface area contributed by atoms with E-state index in [1.165, 1.54) is 30.3 Å². The number of ether oxygens (including phenoxy) is 1. The molecule has 1 fully saturated rings. The van der Waals surface area contributed by atoms with Gasteiger partial charge in [-0.25, -0.2) is 15.0 Å². The molecule has 0 radical (unpaired) electrons. The topological polar surface area (TPSA) is 73.1 Å². The largest absolute Gasteiger partial charge is 0.573 e.